The van der Waals surface area contributed by atoms with Crippen molar-refractivity contribution in [3.8, 4) is 0 Å². The van der Waals surface area contributed by atoms with Crippen LogP contribution in [0.4, 0.5) is 0 Å². The summed E-state index contributed by atoms with van der Waals surface area (Å²) in [4.78, 5) is 0. The lowest BCUT2D eigenvalue weighted by atomic mass is 9.93. The Hall–Kier alpha value is -0.380. The fourth-order valence-corrected chi connectivity index (χ4v) is 0.653. The summed E-state index contributed by atoms with van der Waals surface area (Å²) in [5, 5.41) is 21.0. The molecule has 0 heterocycles. The summed E-state index contributed by atoms with van der Waals surface area (Å²) in [6.07, 6.45) is 1.79. The predicted molar refractivity (Wildman–Crippen MR) is 49.9 cm³/mol. The lowest BCUT2D eigenvalue weighted by Gasteiger charge is -2.26. The van der Waals surface area contributed by atoms with Gasteiger partial charge in [0.15, 0.2) is 0 Å². The van der Waals surface area contributed by atoms with Crippen LogP contribution in [0.25, 0.3) is 0 Å². The number of aliphatic hydroxyl groups is 2. The topological polar surface area (TPSA) is 52.5 Å². The molecule has 3 heteroatoms. The van der Waals surface area contributed by atoms with Gasteiger partial charge in [0.05, 0.1) is 13.2 Å². The Labute approximate surface area is 74.1 Å². The van der Waals surface area contributed by atoms with Gasteiger partial charge in [-0.25, -0.2) is 0 Å². The van der Waals surface area contributed by atoms with Crippen molar-refractivity contribution < 1.29 is 10.2 Å². The molecule has 0 rings (SSSR count). The molecule has 0 aliphatic carbocycles. The van der Waals surface area contributed by atoms with Gasteiger partial charge in [-0.15, -0.1) is 6.58 Å². The van der Waals surface area contributed by atoms with E-state index in [9.17, 15) is 0 Å². The monoisotopic (exact) mass is 173 g/mol. The maximum absolute atomic E-state index is 8.95. The molecular formula is C9H19NO2. The Bertz CT molecular complexity index is 132. The van der Waals surface area contributed by atoms with Crippen molar-refractivity contribution in [3.63, 3.8) is 0 Å². The summed E-state index contributed by atoms with van der Waals surface area (Å²) in [6, 6.07) is 0.211. The van der Waals surface area contributed by atoms with E-state index in [-0.39, 0.29) is 19.3 Å². The van der Waals surface area contributed by atoms with E-state index >= 15 is 0 Å². The van der Waals surface area contributed by atoms with E-state index in [1.54, 1.807) is 6.08 Å². The van der Waals surface area contributed by atoms with Gasteiger partial charge in [-0.3, -0.25) is 0 Å². The van der Waals surface area contributed by atoms with Gasteiger partial charge in [0.2, 0.25) is 0 Å². The van der Waals surface area contributed by atoms with Gasteiger partial charge < -0.3 is 15.5 Å². The van der Waals surface area contributed by atoms with Crippen LogP contribution in [0.2, 0.25) is 0 Å². The first kappa shape index (κ1) is 11.6. The zero-order chi connectivity index (χ0) is 9.61. The molecule has 0 aliphatic rings. The second-order valence-electron chi connectivity index (χ2n) is 3.53. The van der Waals surface area contributed by atoms with E-state index in [4.69, 9.17) is 10.2 Å². The standard InChI is InChI=1S/C9H19NO2/c1-4-8(2)10-5-9(3,6-11)7-12/h4,8,10-12H,1,5-7H2,2-3H3. The van der Waals surface area contributed by atoms with Crippen LogP contribution in [0.1, 0.15) is 13.8 Å². The number of hydrogen-bond donors (Lipinski definition) is 3. The van der Waals surface area contributed by atoms with Crippen LogP contribution in [0.5, 0.6) is 0 Å². The molecule has 0 saturated carbocycles. The Kier molecular flexibility index (Phi) is 5.13. The average Bonchev–Trinajstić information content (AvgIpc) is 2.13. The van der Waals surface area contributed by atoms with Crippen molar-refractivity contribution in [2.75, 3.05) is 19.8 Å². The predicted octanol–water partition coefficient (Wildman–Crippen LogP) is 0.141. The van der Waals surface area contributed by atoms with Crippen LogP contribution in [-0.2, 0) is 0 Å². The second-order valence-corrected chi connectivity index (χ2v) is 3.53. The zero-order valence-electron chi connectivity index (χ0n) is 7.88. The summed E-state index contributed by atoms with van der Waals surface area (Å²) >= 11 is 0. The fourth-order valence-electron chi connectivity index (χ4n) is 0.653. The normalized spacial score (nSPS) is 14.3. The van der Waals surface area contributed by atoms with E-state index < -0.39 is 5.41 Å². The molecule has 0 aromatic rings. The van der Waals surface area contributed by atoms with Crippen molar-refractivity contribution in [1.82, 2.24) is 5.32 Å². The van der Waals surface area contributed by atoms with Gasteiger partial charge in [-0.1, -0.05) is 13.0 Å². The van der Waals surface area contributed by atoms with Gasteiger partial charge in [0.25, 0.3) is 0 Å². The van der Waals surface area contributed by atoms with Crippen LogP contribution in [0.15, 0.2) is 12.7 Å². The molecule has 0 radical (unpaired) electrons. The summed E-state index contributed by atoms with van der Waals surface area (Å²) in [5.74, 6) is 0. The summed E-state index contributed by atoms with van der Waals surface area (Å²) in [5.41, 5.74) is -0.433. The van der Waals surface area contributed by atoms with Crippen molar-refractivity contribution >= 4 is 0 Å². The van der Waals surface area contributed by atoms with Gasteiger partial charge in [0, 0.05) is 18.0 Å². The van der Waals surface area contributed by atoms with Gasteiger partial charge in [-0.2, -0.15) is 0 Å². The molecule has 0 spiro atoms. The van der Waals surface area contributed by atoms with Gasteiger partial charge >= 0.3 is 0 Å². The highest BCUT2D eigenvalue weighted by atomic mass is 16.3. The number of nitrogens with one attached hydrogen (secondary N) is 1. The third-order valence-electron chi connectivity index (χ3n) is 1.97. The summed E-state index contributed by atoms with van der Waals surface area (Å²) < 4.78 is 0. The number of aliphatic hydroxyl groups excluding tert-OH is 2. The summed E-state index contributed by atoms with van der Waals surface area (Å²) in [7, 11) is 0. The molecule has 0 fully saturated rings. The molecule has 0 aromatic carbocycles. The third kappa shape index (κ3) is 3.85. The second kappa shape index (κ2) is 5.30. The molecule has 1 unspecified atom stereocenters. The van der Waals surface area contributed by atoms with Crippen molar-refractivity contribution in [1.29, 1.82) is 0 Å². The Morgan fingerprint density at radius 3 is 2.33 bits per heavy atom. The highest BCUT2D eigenvalue weighted by molar-refractivity contribution is 4.84. The highest BCUT2D eigenvalue weighted by Gasteiger charge is 2.22. The maximum atomic E-state index is 8.95. The lowest BCUT2D eigenvalue weighted by molar-refractivity contribution is 0.0688. The molecule has 3 nitrogen and oxygen atoms in total. The fraction of sp³-hybridized carbons (Fsp3) is 0.778. The minimum atomic E-state index is -0.433. The van der Waals surface area contributed by atoms with Crippen LogP contribution >= 0.6 is 0 Å². The maximum Gasteiger partial charge on any atom is 0.0519 e. The molecule has 1 atom stereocenters. The first-order valence-electron chi connectivity index (χ1n) is 4.15. The largest absolute Gasteiger partial charge is 0.396 e. The SMILES string of the molecule is C=CC(C)NCC(C)(CO)CO. The lowest BCUT2D eigenvalue weighted by Crippen LogP contribution is -2.40. The van der Waals surface area contributed by atoms with E-state index in [1.165, 1.54) is 0 Å². The summed E-state index contributed by atoms with van der Waals surface area (Å²) in [6.45, 7) is 7.99. The van der Waals surface area contributed by atoms with E-state index in [2.05, 4.69) is 11.9 Å². The molecule has 0 amide bonds. The van der Waals surface area contributed by atoms with Crippen molar-refractivity contribution in [2.45, 2.75) is 19.9 Å². The molecule has 0 aliphatic heterocycles. The average molecular weight is 173 g/mol. The van der Waals surface area contributed by atoms with E-state index in [0.29, 0.717) is 6.54 Å². The highest BCUT2D eigenvalue weighted by Crippen LogP contribution is 2.12. The van der Waals surface area contributed by atoms with Crippen LogP contribution in [-0.4, -0.2) is 36.0 Å². The number of hydrogen-bond acceptors (Lipinski definition) is 3. The van der Waals surface area contributed by atoms with Crippen LogP contribution in [0.3, 0.4) is 0 Å². The molecule has 72 valence electrons. The van der Waals surface area contributed by atoms with E-state index in [1.807, 2.05) is 13.8 Å². The Balaban J connectivity index is 3.79. The van der Waals surface area contributed by atoms with Crippen molar-refractivity contribution in [3.05, 3.63) is 12.7 Å². The van der Waals surface area contributed by atoms with E-state index in [0.717, 1.165) is 0 Å². The van der Waals surface area contributed by atoms with Gasteiger partial charge in [0.1, 0.15) is 0 Å². The molecule has 12 heavy (non-hydrogen) atoms. The quantitative estimate of drug-likeness (QED) is 0.501. The third-order valence-corrected chi connectivity index (χ3v) is 1.97. The minimum Gasteiger partial charge on any atom is -0.396 e. The zero-order valence-corrected chi connectivity index (χ0v) is 7.88. The molecule has 0 bridgehead atoms. The molecule has 0 saturated heterocycles. The smallest absolute Gasteiger partial charge is 0.0519 e. The minimum absolute atomic E-state index is 0.0135. The first-order chi connectivity index (χ1) is 5.58. The Morgan fingerprint density at radius 1 is 1.50 bits per heavy atom. The molecular weight excluding hydrogens is 154 g/mol. The number of rotatable bonds is 6. The van der Waals surface area contributed by atoms with Gasteiger partial charge in [-0.05, 0) is 6.92 Å². The molecule has 3 N–H and O–H groups in total. The first-order valence-corrected chi connectivity index (χ1v) is 4.15. The van der Waals surface area contributed by atoms with Crippen LogP contribution < -0.4 is 5.32 Å². The van der Waals surface area contributed by atoms with Crippen molar-refractivity contribution in [2.24, 2.45) is 5.41 Å². The Morgan fingerprint density at radius 2 is 2.00 bits per heavy atom. The van der Waals surface area contributed by atoms with Crippen LogP contribution in [0, 0.1) is 5.41 Å². The molecule has 0 aromatic heterocycles.